The van der Waals surface area contributed by atoms with Gasteiger partial charge in [-0.25, -0.2) is 4.39 Å². The fourth-order valence-electron chi connectivity index (χ4n) is 4.26. The highest BCUT2D eigenvalue weighted by molar-refractivity contribution is 5.44. The first kappa shape index (κ1) is 13.9. The van der Waals surface area contributed by atoms with E-state index in [-0.39, 0.29) is 5.82 Å². The third-order valence-corrected chi connectivity index (χ3v) is 5.25. The molecule has 20 heavy (non-hydrogen) atoms. The van der Waals surface area contributed by atoms with Crippen molar-refractivity contribution in [2.45, 2.75) is 63.8 Å². The maximum Gasteiger partial charge on any atom is 0.125 e. The molecule has 2 atom stereocenters. The Morgan fingerprint density at radius 1 is 0.900 bits per heavy atom. The highest BCUT2D eigenvalue weighted by Crippen LogP contribution is 2.39. The number of rotatable bonds is 3. The molecule has 0 spiro atoms. The van der Waals surface area contributed by atoms with E-state index in [1.54, 1.807) is 12.1 Å². The number of hydrogen-bond donors (Lipinski definition) is 1. The van der Waals surface area contributed by atoms with Crippen molar-refractivity contribution < 1.29 is 4.39 Å². The predicted octanol–water partition coefficient (Wildman–Crippen LogP) is 5.38. The van der Waals surface area contributed by atoms with Gasteiger partial charge in [-0.3, -0.25) is 0 Å². The van der Waals surface area contributed by atoms with Crippen LogP contribution in [0.1, 0.15) is 57.8 Å². The number of benzene rings is 1. The summed E-state index contributed by atoms with van der Waals surface area (Å²) in [6.07, 6.45) is 12.4. The van der Waals surface area contributed by atoms with E-state index < -0.39 is 0 Å². The zero-order chi connectivity index (χ0) is 13.8. The Balaban J connectivity index is 1.68. The largest absolute Gasteiger partial charge is 0.382 e. The van der Waals surface area contributed by atoms with Gasteiger partial charge in [0.25, 0.3) is 0 Å². The van der Waals surface area contributed by atoms with Crippen LogP contribution in [-0.2, 0) is 0 Å². The highest BCUT2D eigenvalue weighted by atomic mass is 19.1. The second-order valence-corrected chi connectivity index (χ2v) is 6.61. The lowest BCUT2D eigenvalue weighted by Gasteiger charge is -2.39. The number of nitrogens with one attached hydrogen (secondary N) is 1. The van der Waals surface area contributed by atoms with Gasteiger partial charge in [-0.15, -0.1) is 0 Å². The van der Waals surface area contributed by atoms with E-state index in [0.29, 0.717) is 6.04 Å². The van der Waals surface area contributed by atoms with Crippen LogP contribution in [0.5, 0.6) is 0 Å². The molecule has 2 aliphatic carbocycles. The summed E-state index contributed by atoms with van der Waals surface area (Å²) in [5.74, 6) is 1.56. The lowest BCUT2D eigenvalue weighted by atomic mass is 9.71. The van der Waals surface area contributed by atoms with Gasteiger partial charge in [-0.05, 0) is 42.9 Å². The first-order chi connectivity index (χ1) is 9.83. The Bertz CT molecular complexity index is 425. The molecule has 0 bridgehead atoms. The Kier molecular flexibility index (Phi) is 4.59. The first-order valence-corrected chi connectivity index (χ1v) is 8.35. The molecule has 2 unspecified atom stereocenters. The van der Waals surface area contributed by atoms with E-state index in [4.69, 9.17) is 0 Å². The molecule has 1 aromatic rings. The normalized spacial score (nSPS) is 28.2. The zero-order valence-corrected chi connectivity index (χ0v) is 12.3. The Hall–Kier alpha value is -1.05. The molecule has 3 rings (SSSR count). The molecule has 2 saturated carbocycles. The average molecular weight is 275 g/mol. The van der Waals surface area contributed by atoms with Gasteiger partial charge < -0.3 is 5.32 Å². The van der Waals surface area contributed by atoms with Crippen molar-refractivity contribution in [3.8, 4) is 0 Å². The van der Waals surface area contributed by atoms with Gasteiger partial charge in [0.05, 0.1) is 0 Å². The van der Waals surface area contributed by atoms with Crippen LogP contribution in [-0.4, -0.2) is 6.04 Å². The summed E-state index contributed by atoms with van der Waals surface area (Å²) >= 11 is 0. The summed E-state index contributed by atoms with van der Waals surface area (Å²) in [5, 5.41) is 3.63. The second-order valence-electron chi connectivity index (χ2n) is 6.61. The molecule has 110 valence electrons. The van der Waals surface area contributed by atoms with Gasteiger partial charge in [0.1, 0.15) is 5.82 Å². The average Bonchev–Trinajstić information content (AvgIpc) is 2.49. The highest BCUT2D eigenvalue weighted by Gasteiger charge is 2.32. The van der Waals surface area contributed by atoms with E-state index in [1.165, 1.54) is 63.9 Å². The van der Waals surface area contributed by atoms with Crippen LogP contribution in [0.4, 0.5) is 10.1 Å². The van der Waals surface area contributed by atoms with Crippen molar-refractivity contribution >= 4 is 5.69 Å². The minimum Gasteiger partial charge on any atom is -0.382 e. The summed E-state index contributed by atoms with van der Waals surface area (Å²) in [7, 11) is 0. The minimum absolute atomic E-state index is 0.139. The zero-order valence-electron chi connectivity index (χ0n) is 12.3. The van der Waals surface area contributed by atoms with E-state index >= 15 is 0 Å². The van der Waals surface area contributed by atoms with Crippen molar-refractivity contribution in [3.05, 3.63) is 30.1 Å². The molecule has 0 aromatic heterocycles. The molecule has 1 N–H and O–H groups in total. The van der Waals surface area contributed by atoms with E-state index in [9.17, 15) is 4.39 Å². The number of halogens is 1. The molecule has 0 saturated heterocycles. The second kappa shape index (κ2) is 6.60. The van der Waals surface area contributed by atoms with E-state index in [2.05, 4.69) is 5.32 Å². The maximum absolute atomic E-state index is 13.3. The van der Waals surface area contributed by atoms with Gasteiger partial charge in [-0.2, -0.15) is 0 Å². The monoisotopic (exact) mass is 275 g/mol. The molecule has 0 aliphatic heterocycles. The standard InChI is InChI=1S/C18H26FN/c19-15-9-6-10-16(13-15)20-18-12-5-4-11-17(18)14-7-2-1-3-8-14/h6,9-10,13-14,17-18,20H,1-5,7-8,11-12H2. The van der Waals surface area contributed by atoms with Crippen LogP contribution in [0, 0.1) is 17.7 Å². The van der Waals surface area contributed by atoms with E-state index in [1.807, 2.05) is 6.07 Å². The smallest absolute Gasteiger partial charge is 0.125 e. The van der Waals surface area contributed by atoms with Crippen molar-refractivity contribution in [3.63, 3.8) is 0 Å². The van der Waals surface area contributed by atoms with Crippen molar-refractivity contribution in [1.82, 2.24) is 0 Å². The van der Waals surface area contributed by atoms with Crippen molar-refractivity contribution in [2.75, 3.05) is 5.32 Å². The van der Waals surface area contributed by atoms with Crippen LogP contribution in [0.25, 0.3) is 0 Å². The topological polar surface area (TPSA) is 12.0 Å². The molecule has 2 heteroatoms. The molecule has 0 radical (unpaired) electrons. The fraction of sp³-hybridized carbons (Fsp3) is 0.667. The Morgan fingerprint density at radius 3 is 2.45 bits per heavy atom. The lowest BCUT2D eigenvalue weighted by Crippen LogP contribution is -2.37. The number of anilines is 1. The molecule has 1 nitrogen and oxygen atoms in total. The first-order valence-electron chi connectivity index (χ1n) is 8.35. The minimum atomic E-state index is -0.139. The molecule has 0 heterocycles. The summed E-state index contributed by atoms with van der Waals surface area (Å²) in [4.78, 5) is 0. The maximum atomic E-state index is 13.3. The lowest BCUT2D eigenvalue weighted by molar-refractivity contribution is 0.180. The van der Waals surface area contributed by atoms with Gasteiger partial charge in [0.2, 0.25) is 0 Å². The van der Waals surface area contributed by atoms with Gasteiger partial charge in [0.15, 0.2) is 0 Å². The van der Waals surface area contributed by atoms with Crippen LogP contribution in [0.2, 0.25) is 0 Å². The number of hydrogen-bond acceptors (Lipinski definition) is 1. The quantitative estimate of drug-likeness (QED) is 0.781. The fourth-order valence-corrected chi connectivity index (χ4v) is 4.26. The molecular weight excluding hydrogens is 249 g/mol. The Morgan fingerprint density at radius 2 is 1.65 bits per heavy atom. The summed E-state index contributed by atoms with van der Waals surface area (Å²) < 4.78 is 13.3. The predicted molar refractivity (Wildman–Crippen MR) is 82.3 cm³/mol. The van der Waals surface area contributed by atoms with Crippen LogP contribution < -0.4 is 5.32 Å². The van der Waals surface area contributed by atoms with Gasteiger partial charge in [0, 0.05) is 11.7 Å². The molecule has 0 amide bonds. The van der Waals surface area contributed by atoms with E-state index in [0.717, 1.165) is 17.5 Å². The van der Waals surface area contributed by atoms with Crippen LogP contribution >= 0.6 is 0 Å². The molecular formula is C18H26FN. The molecule has 2 aliphatic rings. The van der Waals surface area contributed by atoms with Gasteiger partial charge >= 0.3 is 0 Å². The van der Waals surface area contributed by atoms with Crippen LogP contribution in [0.3, 0.4) is 0 Å². The Labute approximate surface area is 122 Å². The SMILES string of the molecule is Fc1cccc(NC2CCCCC2C2CCCCC2)c1. The molecule has 2 fully saturated rings. The summed E-state index contributed by atoms with van der Waals surface area (Å²) in [5.41, 5.74) is 0.956. The third-order valence-electron chi connectivity index (χ3n) is 5.25. The van der Waals surface area contributed by atoms with Gasteiger partial charge in [-0.1, -0.05) is 51.0 Å². The van der Waals surface area contributed by atoms with Crippen molar-refractivity contribution in [1.29, 1.82) is 0 Å². The van der Waals surface area contributed by atoms with Crippen molar-refractivity contribution in [2.24, 2.45) is 11.8 Å². The molecule has 1 aromatic carbocycles. The van der Waals surface area contributed by atoms with Crippen LogP contribution in [0.15, 0.2) is 24.3 Å². The summed E-state index contributed by atoms with van der Waals surface area (Å²) in [6.45, 7) is 0. The third kappa shape index (κ3) is 3.34. The summed E-state index contributed by atoms with van der Waals surface area (Å²) in [6, 6.07) is 7.50.